The summed E-state index contributed by atoms with van der Waals surface area (Å²) < 4.78 is 5.69. The number of unbranched alkanes of at least 4 members (excludes halogenated alkanes) is 1. The highest BCUT2D eigenvalue weighted by Gasteiger charge is 2.46. The van der Waals surface area contributed by atoms with Gasteiger partial charge in [0.25, 0.3) is 11.7 Å². The van der Waals surface area contributed by atoms with E-state index in [2.05, 4.69) is 0 Å². The smallest absolute Gasteiger partial charge is 0.295 e. The lowest BCUT2D eigenvalue weighted by Crippen LogP contribution is -2.30. The first-order chi connectivity index (χ1) is 14.9. The topological polar surface area (TPSA) is 70.1 Å². The summed E-state index contributed by atoms with van der Waals surface area (Å²) in [5.41, 5.74) is 3.33. The lowest BCUT2D eigenvalue weighted by Gasteiger charge is -2.28. The number of Topliss-reactive ketones (excluding diaryl/α,β-unsaturated/α-hetero) is 1. The summed E-state index contributed by atoms with van der Waals surface area (Å²) in [6.07, 6.45) is 1.69. The van der Waals surface area contributed by atoms with Gasteiger partial charge in [-0.1, -0.05) is 37.6 Å². The zero-order chi connectivity index (χ0) is 22.1. The Labute approximate surface area is 182 Å². The molecule has 4 rings (SSSR count). The van der Waals surface area contributed by atoms with Crippen LogP contribution in [-0.4, -0.2) is 48.4 Å². The number of likely N-dealkylation sites (tertiary alicyclic amines) is 1. The molecule has 162 valence electrons. The first-order valence-corrected chi connectivity index (χ1v) is 10.8. The summed E-state index contributed by atoms with van der Waals surface area (Å²) in [7, 11) is 1.96. The summed E-state index contributed by atoms with van der Waals surface area (Å²) in [5.74, 6) is -0.595. The van der Waals surface area contributed by atoms with Crippen molar-refractivity contribution in [1.82, 2.24) is 4.90 Å². The van der Waals surface area contributed by atoms with Gasteiger partial charge < -0.3 is 19.6 Å². The molecule has 2 aromatic carbocycles. The molecule has 0 spiro atoms. The van der Waals surface area contributed by atoms with Crippen molar-refractivity contribution in [3.8, 4) is 5.75 Å². The monoisotopic (exact) mass is 420 g/mol. The molecular weight excluding hydrogens is 392 g/mol. The van der Waals surface area contributed by atoms with Gasteiger partial charge in [0.15, 0.2) is 0 Å². The number of carbonyl (C=O) groups excluding carboxylic acids is 2. The molecule has 0 aromatic heterocycles. The molecule has 6 nitrogen and oxygen atoms in total. The van der Waals surface area contributed by atoms with Crippen molar-refractivity contribution in [2.45, 2.75) is 32.7 Å². The number of likely N-dealkylation sites (N-methyl/N-ethyl adjacent to an activating group) is 1. The van der Waals surface area contributed by atoms with E-state index in [9.17, 15) is 14.7 Å². The minimum absolute atomic E-state index is 0.146. The third-order valence-corrected chi connectivity index (χ3v) is 6.10. The normalized spacial score (nSPS) is 20.0. The van der Waals surface area contributed by atoms with Crippen LogP contribution in [0.5, 0.6) is 5.75 Å². The van der Waals surface area contributed by atoms with E-state index in [0.717, 1.165) is 42.0 Å². The molecule has 31 heavy (non-hydrogen) atoms. The van der Waals surface area contributed by atoms with Crippen molar-refractivity contribution < 1.29 is 19.4 Å². The molecule has 1 saturated heterocycles. The molecule has 1 N–H and O–H groups in total. The van der Waals surface area contributed by atoms with Crippen LogP contribution in [0.4, 0.5) is 5.69 Å². The molecule has 1 unspecified atom stereocenters. The number of carbonyl (C=O) groups is 2. The standard InChI is InChI=1S/C25H28N2O4/c1-4-5-12-27-22(18-9-7-6-8-16(18)2)21(24(29)25(27)30)23(28)17-10-11-20-19(15-17)26(3)13-14-31-20/h6-11,15,22,28H,4-5,12-14H2,1-3H3/b23-21+. The second-order valence-electron chi connectivity index (χ2n) is 8.16. The molecule has 1 amide bonds. The minimum Gasteiger partial charge on any atom is -0.507 e. The van der Waals surface area contributed by atoms with Gasteiger partial charge in [-0.2, -0.15) is 0 Å². The number of nitrogens with zero attached hydrogens (tertiary/aromatic N) is 2. The molecule has 2 aromatic rings. The Bertz CT molecular complexity index is 1060. The highest BCUT2D eigenvalue weighted by molar-refractivity contribution is 6.46. The van der Waals surface area contributed by atoms with E-state index in [4.69, 9.17) is 4.74 Å². The fourth-order valence-corrected chi connectivity index (χ4v) is 4.31. The number of fused-ring (bicyclic) bond motifs is 1. The second-order valence-corrected chi connectivity index (χ2v) is 8.16. The van der Waals surface area contributed by atoms with Gasteiger partial charge in [-0.3, -0.25) is 9.59 Å². The van der Waals surface area contributed by atoms with E-state index < -0.39 is 17.7 Å². The average Bonchev–Trinajstić information content (AvgIpc) is 3.02. The fourth-order valence-electron chi connectivity index (χ4n) is 4.31. The number of hydrogen-bond donors (Lipinski definition) is 1. The number of aliphatic hydroxyl groups is 1. The summed E-state index contributed by atoms with van der Waals surface area (Å²) in [6.45, 7) is 5.82. The molecule has 0 saturated carbocycles. The predicted octanol–water partition coefficient (Wildman–Crippen LogP) is 4.05. The summed E-state index contributed by atoms with van der Waals surface area (Å²) in [4.78, 5) is 29.7. The van der Waals surface area contributed by atoms with Crippen LogP contribution in [0, 0.1) is 6.92 Å². The number of benzene rings is 2. The van der Waals surface area contributed by atoms with E-state index in [1.54, 1.807) is 17.0 Å². The number of ether oxygens (including phenoxy) is 1. The number of aryl methyl sites for hydroxylation is 1. The first-order valence-electron chi connectivity index (χ1n) is 10.8. The molecule has 6 heteroatoms. The molecule has 0 aliphatic carbocycles. The first kappa shape index (κ1) is 21.0. The van der Waals surface area contributed by atoms with Crippen LogP contribution in [0.2, 0.25) is 0 Å². The Kier molecular flexibility index (Phi) is 5.72. The zero-order valence-electron chi connectivity index (χ0n) is 18.2. The quantitative estimate of drug-likeness (QED) is 0.449. The van der Waals surface area contributed by atoms with Gasteiger partial charge >= 0.3 is 0 Å². The highest BCUT2D eigenvalue weighted by atomic mass is 16.5. The van der Waals surface area contributed by atoms with Gasteiger partial charge in [0.05, 0.1) is 23.8 Å². The Balaban J connectivity index is 1.86. The third kappa shape index (κ3) is 3.67. The van der Waals surface area contributed by atoms with E-state index in [0.29, 0.717) is 18.7 Å². The van der Waals surface area contributed by atoms with Crippen molar-refractivity contribution >= 4 is 23.1 Å². The van der Waals surface area contributed by atoms with Crippen molar-refractivity contribution in [2.24, 2.45) is 0 Å². The Hall–Kier alpha value is -3.28. The van der Waals surface area contributed by atoms with E-state index in [1.165, 1.54) is 0 Å². The van der Waals surface area contributed by atoms with Crippen LogP contribution in [0.25, 0.3) is 5.76 Å². The molecule has 0 radical (unpaired) electrons. The maximum absolute atomic E-state index is 13.1. The Morgan fingerprint density at radius 3 is 2.71 bits per heavy atom. The van der Waals surface area contributed by atoms with Crippen molar-refractivity contribution in [1.29, 1.82) is 0 Å². The van der Waals surface area contributed by atoms with Crippen LogP contribution >= 0.6 is 0 Å². The Morgan fingerprint density at radius 2 is 1.97 bits per heavy atom. The SMILES string of the molecule is CCCCN1C(=O)C(=O)/C(=C(/O)c2ccc3c(c2)N(C)CCO3)C1c1ccccc1C. The van der Waals surface area contributed by atoms with Gasteiger partial charge in [0.1, 0.15) is 18.1 Å². The predicted molar refractivity (Wildman–Crippen MR) is 120 cm³/mol. The van der Waals surface area contributed by atoms with E-state index in [1.807, 2.05) is 56.1 Å². The van der Waals surface area contributed by atoms with Crippen LogP contribution < -0.4 is 9.64 Å². The lowest BCUT2D eigenvalue weighted by atomic mass is 9.92. The number of ketones is 1. The molecule has 1 atom stereocenters. The van der Waals surface area contributed by atoms with Crippen LogP contribution in [0.15, 0.2) is 48.0 Å². The van der Waals surface area contributed by atoms with Gasteiger partial charge in [0, 0.05) is 19.2 Å². The molecule has 0 bridgehead atoms. The molecule has 2 aliphatic heterocycles. The zero-order valence-corrected chi connectivity index (χ0v) is 18.2. The van der Waals surface area contributed by atoms with E-state index in [-0.39, 0.29) is 11.3 Å². The third-order valence-electron chi connectivity index (χ3n) is 6.10. The van der Waals surface area contributed by atoms with Crippen LogP contribution in [0.1, 0.15) is 42.5 Å². The number of amides is 1. The van der Waals surface area contributed by atoms with Gasteiger partial charge in [-0.15, -0.1) is 0 Å². The lowest BCUT2D eigenvalue weighted by molar-refractivity contribution is -0.139. The van der Waals surface area contributed by atoms with Gasteiger partial charge in [-0.25, -0.2) is 0 Å². The summed E-state index contributed by atoms with van der Waals surface area (Å²) in [5, 5.41) is 11.3. The molecule has 2 heterocycles. The molecule has 2 aliphatic rings. The summed E-state index contributed by atoms with van der Waals surface area (Å²) >= 11 is 0. The maximum Gasteiger partial charge on any atom is 0.295 e. The molecule has 1 fully saturated rings. The number of aliphatic hydroxyl groups excluding tert-OH is 1. The van der Waals surface area contributed by atoms with Crippen molar-refractivity contribution in [3.63, 3.8) is 0 Å². The van der Waals surface area contributed by atoms with Crippen molar-refractivity contribution in [2.75, 3.05) is 31.6 Å². The average molecular weight is 421 g/mol. The van der Waals surface area contributed by atoms with Gasteiger partial charge in [0.2, 0.25) is 0 Å². The second kappa shape index (κ2) is 8.46. The highest BCUT2D eigenvalue weighted by Crippen LogP contribution is 2.42. The fraction of sp³-hybridized carbons (Fsp3) is 0.360. The summed E-state index contributed by atoms with van der Waals surface area (Å²) in [6, 6.07) is 12.5. The van der Waals surface area contributed by atoms with Crippen LogP contribution in [-0.2, 0) is 9.59 Å². The number of anilines is 1. The van der Waals surface area contributed by atoms with E-state index >= 15 is 0 Å². The Morgan fingerprint density at radius 1 is 1.19 bits per heavy atom. The van der Waals surface area contributed by atoms with Crippen molar-refractivity contribution in [3.05, 3.63) is 64.7 Å². The van der Waals surface area contributed by atoms with Gasteiger partial charge in [-0.05, 0) is 42.7 Å². The largest absolute Gasteiger partial charge is 0.507 e. The minimum atomic E-state index is -0.635. The molecular formula is C25H28N2O4. The van der Waals surface area contributed by atoms with Crippen LogP contribution in [0.3, 0.4) is 0 Å². The number of hydrogen-bond acceptors (Lipinski definition) is 5. The maximum atomic E-state index is 13.1. The number of rotatable bonds is 5.